The number of carbonyl (C=O) groups excluding carboxylic acids is 1. The molecule has 2 N–H and O–H groups in total. The Morgan fingerprint density at radius 3 is 3.00 bits per heavy atom. The van der Waals surface area contributed by atoms with Crippen molar-refractivity contribution in [2.24, 2.45) is 11.7 Å². The summed E-state index contributed by atoms with van der Waals surface area (Å²) in [7, 11) is 1.71. The lowest BCUT2D eigenvalue weighted by Gasteiger charge is -2.18. The van der Waals surface area contributed by atoms with Gasteiger partial charge in [-0.25, -0.2) is 4.98 Å². The monoisotopic (exact) mass is 204 g/mol. The van der Waals surface area contributed by atoms with Crippen molar-refractivity contribution >= 4 is 11.7 Å². The van der Waals surface area contributed by atoms with Crippen molar-refractivity contribution in [2.75, 3.05) is 11.9 Å². The first kappa shape index (κ1) is 8.79. The molecule has 1 fully saturated rings. The fourth-order valence-corrected chi connectivity index (χ4v) is 2.30. The molecular weight excluding hydrogens is 192 g/mol. The van der Waals surface area contributed by atoms with Crippen LogP contribution >= 0.6 is 0 Å². The van der Waals surface area contributed by atoms with E-state index in [1.807, 2.05) is 0 Å². The second kappa shape index (κ2) is 2.76. The molecule has 2 heterocycles. The number of hydrogen-bond acceptors (Lipinski definition) is 4. The quantitative estimate of drug-likeness (QED) is 0.639. The highest BCUT2D eigenvalue weighted by molar-refractivity contribution is 5.98. The lowest BCUT2D eigenvalue weighted by Crippen LogP contribution is -2.42. The van der Waals surface area contributed by atoms with E-state index in [-0.39, 0.29) is 11.8 Å². The number of likely N-dealkylation sites (N-methyl/N-ethyl adjacent to an activating group) is 1. The Kier molecular flexibility index (Phi) is 1.62. The summed E-state index contributed by atoms with van der Waals surface area (Å²) < 4.78 is 0. The molecular formula is C10H12N4O. The highest BCUT2D eigenvalue weighted by Crippen LogP contribution is 2.52. The number of carbonyl (C=O) groups is 1. The second-order valence-corrected chi connectivity index (χ2v) is 4.19. The van der Waals surface area contributed by atoms with Crippen LogP contribution in [0.3, 0.4) is 0 Å². The first-order chi connectivity index (χ1) is 7.20. The standard InChI is InChI=1S/C10H12N4O/c1-14-9-8(12-2-3-13-9)6-4-5(6)7(11)10(14)15/h2-3,5-7H,4,11H2,1H3/t5?,6?,7-/m0/s1. The van der Waals surface area contributed by atoms with Crippen molar-refractivity contribution in [3.63, 3.8) is 0 Å². The van der Waals surface area contributed by atoms with Gasteiger partial charge in [-0.2, -0.15) is 0 Å². The maximum Gasteiger partial charge on any atom is 0.245 e. The second-order valence-electron chi connectivity index (χ2n) is 4.19. The largest absolute Gasteiger partial charge is 0.320 e. The van der Waals surface area contributed by atoms with Crippen LogP contribution in [-0.2, 0) is 4.79 Å². The summed E-state index contributed by atoms with van der Waals surface area (Å²) in [5.74, 6) is 1.21. The van der Waals surface area contributed by atoms with E-state index in [1.165, 1.54) is 4.90 Å². The molecule has 0 spiro atoms. The van der Waals surface area contributed by atoms with E-state index in [1.54, 1.807) is 19.4 Å². The number of hydrogen-bond donors (Lipinski definition) is 1. The molecule has 1 aliphatic carbocycles. The molecule has 2 aliphatic rings. The highest BCUT2D eigenvalue weighted by atomic mass is 16.2. The molecule has 0 aromatic carbocycles. The average Bonchev–Trinajstić information content (AvgIpc) is 3.05. The molecule has 1 saturated carbocycles. The van der Waals surface area contributed by atoms with E-state index in [2.05, 4.69) is 9.97 Å². The molecule has 3 atom stereocenters. The fourth-order valence-electron chi connectivity index (χ4n) is 2.30. The molecule has 1 aromatic rings. The van der Waals surface area contributed by atoms with E-state index in [0.717, 1.165) is 12.1 Å². The number of nitrogens with two attached hydrogens (primary N) is 1. The third-order valence-corrected chi connectivity index (χ3v) is 3.29. The zero-order valence-electron chi connectivity index (χ0n) is 8.42. The maximum atomic E-state index is 11.9. The molecule has 1 amide bonds. The lowest BCUT2D eigenvalue weighted by atomic mass is 10.1. The van der Waals surface area contributed by atoms with E-state index in [9.17, 15) is 4.79 Å². The fraction of sp³-hybridized carbons (Fsp3) is 0.500. The topological polar surface area (TPSA) is 72.1 Å². The Hall–Kier alpha value is -1.49. The van der Waals surface area contributed by atoms with Gasteiger partial charge in [-0.3, -0.25) is 14.7 Å². The van der Waals surface area contributed by atoms with Crippen molar-refractivity contribution in [3.05, 3.63) is 18.1 Å². The van der Waals surface area contributed by atoms with Crippen LogP contribution in [-0.4, -0.2) is 29.0 Å². The van der Waals surface area contributed by atoms with Crippen molar-refractivity contribution in [3.8, 4) is 0 Å². The van der Waals surface area contributed by atoms with Gasteiger partial charge in [0.05, 0.1) is 11.7 Å². The van der Waals surface area contributed by atoms with Crippen molar-refractivity contribution in [2.45, 2.75) is 18.4 Å². The molecule has 0 saturated heterocycles. The molecule has 1 aliphatic heterocycles. The Balaban J connectivity index is 2.14. The summed E-state index contributed by atoms with van der Waals surface area (Å²) >= 11 is 0. The van der Waals surface area contributed by atoms with E-state index >= 15 is 0 Å². The molecule has 5 heteroatoms. The third kappa shape index (κ3) is 1.10. The molecule has 0 bridgehead atoms. The van der Waals surface area contributed by atoms with Gasteiger partial charge in [0.1, 0.15) is 0 Å². The zero-order chi connectivity index (χ0) is 10.6. The molecule has 2 unspecified atom stereocenters. The smallest absolute Gasteiger partial charge is 0.245 e. The van der Waals surface area contributed by atoms with Gasteiger partial charge in [0.25, 0.3) is 0 Å². The van der Waals surface area contributed by atoms with E-state index < -0.39 is 6.04 Å². The third-order valence-electron chi connectivity index (χ3n) is 3.29. The van der Waals surface area contributed by atoms with Gasteiger partial charge in [-0.05, 0) is 12.3 Å². The Bertz CT molecular complexity index is 433. The van der Waals surface area contributed by atoms with Gasteiger partial charge in [-0.1, -0.05) is 0 Å². The number of fused-ring (bicyclic) bond motifs is 3. The van der Waals surface area contributed by atoms with Crippen LogP contribution in [0.5, 0.6) is 0 Å². The van der Waals surface area contributed by atoms with Gasteiger partial charge in [0, 0.05) is 25.4 Å². The minimum Gasteiger partial charge on any atom is -0.320 e. The van der Waals surface area contributed by atoms with E-state index in [4.69, 9.17) is 5.73 Å². The van der Waals surface area contributed by atoms with Crippen LogP contribution in [0.25, 0.3) is 0 Å². The molecule has 5 nitrogen and oxygen atoms in total. The molecule has 1 aromatic heterocycles. The Morgan fingerprint density at radius 2 is 2.20 bits per heavy atom. The van der Waals surface area contributed by atoms with Gasteiger partial charge in [0.15, 0.2) is 5.82 Å². The van der Waals surface area contributed by atoms with Crippen LogP contribution in [0.2, 0.25) is 0 Å². The van der Waals surface area contributed by atoms with Crippen molar-refractivity contribution in [1.82, 2.24) is 9.97 Å². The zero-order valence-corrected chi connectivity index (χ0v) is 8.42. The minimum absolute atomic E-state index is 0.0539. The van der Waals surface area contributed by atoms with Crippen LogP contribution in [0.4, 0.5) is 5.82 Å². The first-order valence-electron chi connectivity index (χ1n) is 5.04. The number of amides is 1. The summed E-state index contributed by atoms with van der Waals surface area (Å²) in [4.78, 5) is 21.9. The summed E-state index contributed by atoms with van der Waals surface area (Å²) in [5.41, 5.74) is 6.81. The lowest BCUT2D eigenvalue weighted by molar-refractivity contribution is -0.119. The van der Waals surface area contributed by atoms with Crippen molar-refractivity contribution in [1.29, 1.82) is 0 Å². The van der Waals surface area contributed by atoms with E-state index in [0.29, 0.717) is 11.7 Å². The predicted molar refractivity (Wildman–Crippen MR) is 54.3 cm³/mol. The SMILES string of the molecule is CN1C(=O)[C@@H](N)C2CC2c2nccnc21. The molecule has 3 rings (SSSR count). The summed E-state index contributed by atoms with van der Waals surface area (Å²) in [5, 5.41) is 0. The predicted octanol–water partition coefficient (Wildman–Crippen LogP) is -0.116. The number of anilines is 1. The van der Waals surface area contributed by atoms with Gasteiger partial charge in [-0.15, -0.1) is 0 Å². The van der Waals surface area contributed by atoms with Gasteiger partial charge >= 0.3 is 0 Å². The first-order valence-corrected chi connectivity index (χ1v) is 5.04. The van der Waals surface area contributed by atoms with Gasteiger partial charge < -0.3 is 5.73 Å². The highest BCUT2D eigenvalue weighted by Gasteiger charge is 2.51. The van der Waals surface area contributed by atoms with Gasteiger partial charge in [0.2, 0.25) is 5.91 Å². The normalized spacial score (nSPS) is 33.1. The van der Waals surface area contributed by atoms with Crippen LogP contribution in [0.1, 0.15) is 18.0 Å². The summed E-state index contributed by atoms with van der Waals surface area (Å²) in [6.45, 7) is 0. The summed E-state index contributed by atoms with van der Waals surface area (Å²) in [6, 6.07) is -0.393. The molecule has 0 radical (unpaired) electrons. The van der Waals surface area contributed by atoms with Crippen LogP contribution in [0, 0.1) is 5.92 Å². The van der Waals surface area contributed by atoms with Crippen molar-refractivity contribution < 1.29 is 4.79 Å². The minimum atomic E-state index is -0.393. The van der Waals surface area contributed by atoms with Crippen LogP contribution < -0.4 is 10.6 Å². The van der Waals surface area contributed by atoms with Crippen LogP contribution in [0.15, 0.2) is 12.4 Å². The number of rotatable bonds is 0. The molecule has 15 heavy (non-hydrogen) atoms. The Labute approximate surface area is 87.3 Å². The Morgan fingerprint density at radius 1 is 1.47 bits per heavy atom. The average molecular weight is 204 g/mol. The number of aromatic nitrogens is 2. The maximum absolute atomic E-state index is 11.9. The summed E-state index contributed by atoms with van der Waals surface area (Å²) in [6.07, 6.45) is 4.24. The molecule has 78 valence electrons. The number of nitrogens with zero attached hydrogens (tertiary/aromatic N) is 3.